The van der Waals surface area contributed by atoms with E-state index in [9.17, 15) is 0 Å². The standard InChI is InChI=1S/C9H12N4S/c1-7-12-9(6-14-7)3-10-8-4-11-13(2)5-8/h4-6,10H,3H2,1-2H3. The number of hydrogen-bond acceptors (Lipinski definition) is 4. The van der Waals surface area contributed by atoms with Crippen molar-refractivity contribution in [1.29, 1.82) is 0 Å². The summed E-state index contributed by atoms with van der Waals surface area (Å²) in [5.41, 5.74) is 2.11. The summed E-state index contributed by atoms with van der Waals surface area (Å²) in [5, 5.41) is 10.5. The molecule has 2 rings (SSSR count). The van der Waals surface area contributed by atoms with Gasteiger partial charge in [-0.2, -0.15) is 5.10 Å². The van der Waals surface area contributed by atoms with Crippen molar-refractivity contribution in [3.8, 4) is 0 Å². The molecule has 0 aromatic carbocycles. The molecule has 2 aromatic heterocycles. The van der Waals surface area contributed by atoms with Gasteiger partial charge in [0.1, 0.15) is 0 Å². The zero-order valence-electron chi connectivity index (χ0n) is 8.19. The summed E-state index contributed by atoms with van der Waals surface area (Å²) in [4.78, 5) is 4.36. The highest BCUT2D eigenvalue weighted by molar-refractivity contribution is 7.09. The summed E-state index contributed by atoms with van der Waals surface area (Å²) < 4.78 is 1.77. The lowest BCUT2D eigenvalue weighted by Gasteiger charge is -1.98. The van der Waals surface area contributed by atoms with Gasteiger partial charge in [-0.05, 0) is 6.92 Å². The minimum Gasteiger partial charge on any atom is -0.377 e. The van der Waals surface area contributed by atoms with E-state index in [-0.39, 0.29) is 0 Å². The highest BCUT2D eigenvalue weighted by Crippen LogP contribution is 2.10. The minimum atomic E-state index is 0.760. The van der Waals surface area contributed by atoms with Crippen LogP contribution >= 0.6 is 11.3 Å². The van der Waals surface area contributed by atoms with Gasteiger partial charge in [0.05, 0.1) is 29.1 Å². The van der Waals surface area contributed by atoms with Crippen LogP contribution in [-0.4, -0.2) is 14.8 Å². The van der Waals surface area contributed by atoms with Gasteiger partial charge in [0.25, 0.3) is 0 Å². The Kier molecular flexibility index (Phi) is 2.49. The first kappa shape index (κ1) is 9.21. The van der Waals surface area contributed by atoms with Gasteiger partial charge in [0.15, 0.2) is 0 Å². The SMILES string of the molecule is Cc1nc(CNc2cnn(C)c2)cs1. The Morgan fingerprint density at radius 2 is 2.43 bits per heavy atom. The van der Waals surface area contributed by atoms with Gasteiger partial charge >= 0.3 is 0 Å². The molecule has 0 saturated heterocycles. The van der Waals surface area contributed by atoms with Gasteiger partial charge in [0, 0.05) is 18.6 Å². The van der Waals surface area contributed by atoms with Crippen molar-refractivity contribution in [2.24, 2.45) is 7.05 Å². The summed E-state index contributed by atoms with van der Waals surface area (Å²) in [6.45, 7) is 2.77. The van der Waals surface area contributed by atoms with Crippen molar-refractivity contribution < 1.29 is 0 Å². The molecular weight excluding hydrogens is 196 g/mol. The molecule has 0 radical (unpaired) electrons. The zero-order chi connectivity index (χ0) is 9.97. The van der Waals surface area contributed by atoms with Crippen molar-refractivity contribution in [1.82, 2.24) is 14.8 Å². The van der Waals surface area contributed by atoms with Crippen LogP contribution in [0.1, 0.15) is 10.7 Å². The van der Waals surface area contributed by atoms with E-state index in [1.54, 1.807) is 22.2 Å². The Hall–Kier alpha value is -1.36. The number of aryl methyl sites for hydroxylation is 2. The number of rotatable bonds is 3. The van der Waals surface area contributed by atoms with Gasteiger partial charge in [-0.15, -0.1) is 11.3 Å². The van der Waals surface area contributed by atoms with Crippen LogP contribution in [0.25, 0.3) is 0 Å². The monoisotopic (exact) mass is 208 g/mol. The number of nitrogens with zero attached hydrogens (tertiary/aromatic N) is 3. The first-order valence-corrected chi connectivity index (χ1v) is 5.25. The predicted octanol–water partition coefficient (Wildman–Crippen LogP) is 1.80. The number of anilines is 1. The van der Waals surface area contributed by atoms with Crippen molar-refractivity contribution in [2.45, 2.75) is 13.5 Å². The highest BCUT2D eigenvalue weighted by Gasteiger charge is 1.99. The smallest absolute Gasteiger partial charge is 0.0898 e. The molecule has 2 heterocycles. The molecule has 14 heavy (non-hydrogen) atoms. The van der Waals surface area contributed by atoms with Gasteiger partial charge in [-0.1, -0.05) is 0 Å². The third-order valence-corrected chi connectivity index (χ3v) is 2.67. The Morgan fingerprint density at radius 1 is 1.57 bits per heavy atom. The minimum absolute atomic E-state index is 0.760. The molecule has 0 aliphatic carbocycles. The van der Waals surface area contributed by atoms with Crippen LogP contribution in [0.15, 0.2) is 17.8 Å². The largest absolute Gasteiger partial charge is 0.377 e. The fourth-order valence-corrected chi connectivity index (χ4v) is 1.81. The number of nitrogens with one attached hydrogen (secondary N) is 1. The third kappa shape index (κ3) is 2.11. The van der Waals surface area contributed by atoms with Crippen LogP contribution in [0.5, 0.6) is 0 Å². The molecule has 0 saturated carbocycles. The maximum absolute atomic E-state index is 4.36. The molecule has 0 aliphatic heterocycles. The molecule has 0 spiro atoms. The van der Waals surface area contributed by atoms with Crippen molar-refractivity contribution in [3.05, 3.63) is 28.5 Å². The number of hydrogen-bond donors (Lipinski definition) is 1. The van der Waals surface area contributed by atoms with Crippen LogP contribution in [0, 0.1) is 6.92 Å². The second-order valence-electron chi connectivity index (χ2n) is 3.11. The predicted molar refractivity (Wildman–Crippen MR) is 57.4 cm³/mol. The zero-order valence-corrected chi connectivity index (χ0v) is 9.01. The van der Waals surface area contributed by atoms with E-state index in [4.69, 9.17) is 0 Å². The highest BCUT2D eigenvalue weighted by atomic mass is 32.1. The molecule has 74 valence electrons. The molecule has 0 amide bonds. The van der Waals surface area contributed by atoms with Crippen LogP contribution in [0.2, 0.25) is 0 Å². The van der Waals surface area contributed by atoms with Crippen LogP contribution in [0.3, 0.4) is 0 Å². The second kappa shape index (κ2) is 3.79. The van der Waals surface area contributed by atoms with Crippen molar-refractivity contribution >= 4 is 17.0 Å². The van der Waals surface area contributed by atoms with Crippen molar-refractivity contribution in [3.63, 3.8) is 0 Å². The van der Waals surface area contributed by atoms with Gasteiger partial charge in [-0.25, -0.2) is 4.98 Å². The molecule has 1 N–H and O–H groups in total. The van der Waals surface area contributed by atoms with E-state index in [0.717, 1.165) is 22.9 Å². The molecular formula is C9H12N4S. The van der Waals surface area contributed by atoms with Crippen LogP contribution in [-0.2, 0) is 13.6 Å². The lowest BCUT2D eigenvalue weighted by Crippen LogP contribution is -1.98. The average Bonchev–Trinajstić information content (AvgIpc) is 2.72. The molecule has 0 fully saturated rings. The first-order chi connectivity index (χ1) is 6.74. The Labute approximate surface area is 86.6 Å². The lowest BCUT2D eigenvalue weighted by molar-refractivity contribution is 0.768. The molecule has 0 atom stereocenters. The summed E-state index contributed by atoms with van der Waals surface area (Å²) in [6.07, 6.45) is 3.75. The van der Waals surface area contributed by atoms with Gasteiger partial charge in [-0.3, -0.25) is 4.68 Å². The van der Waals surface area contributed by atoms with Crippen LogP contribution in [0.4, 0.5) is 5.69 Å². The fraction of sp³-hybridized carbons (Fsp3) is 0.333. The molecule has 0 aliphatic rings. The quantitative estimate of drug-likeness (QED) is 0.836. The maximum atomic E-state index is 4.36. The second-order valence-corrected chi connectivity index (χ2v) is 4.18. The van der Waals surface area contributed by atoms with E-state index >= 15 is 0 Å². The molecule has 0 unspecified atom stereocenters. The maximum Gasteiger partial charge on any atom is 0.0898 e. The number of aromatic nitrogens is 3. The van der Waals surface area contributed by atoms with Crippen LogP contribution < -0.4 is 5.32 Å². The van der Waals surface area contributed by atoms with Gasteiger partial charge in [0.2, 0.25) is 0 Å². The topological polar surface area (TPSA) is 42.7 Å². The normalized spacial score (nSPS) is 10.4. The number of thiazole rings is 1. The third-order valence-electron chi connectivity index (χ3n) is 1.85. The van der Waals surface area contributed by atoms with E-state index in [1.807, 2.05) is 20.2 Å². The van der Waals surface area contributed by atoms with E-state index < -0.39 is 0 Å². The molecule has 5 heteroatoms. The Bertz CT molecular complexity index is 378. The van der Waals surface area contributed by atoms with Crippen molar-refractivity contribution in [2.75, 3.05) is 5.32 Å². The summed E-state index contributed by atoms with van der Waals surface area (Å²) >= 11 is 1.67. The van der Waals surface area contributed by atoms with E-state index in [0.29, 0.717) is 0 Å². The first-order valence-electron chi connectivity index (χ1n) is 4.37. The summed E-state index contributed by atoms with van der Waals surface area (Å²) in [7, 11) is 1.90. The molecule has 0 bridgehead atoms. The lowest BCUT2D eigenvalue weighted by atomic mass is 10.4. The Balaban J connectivity index is 1.94. The summed E-state index contributed by atoms with van der Waals surface area (Å²) in [5.74, 6) is 0. The summed E-state index contributed by atoms with van der Waals surface area (Å²) in [6, 6.07) is 0. The fourth-order valence-electron chi connectivity index (χ4n) is 1.19. The van der Waals surface area contributed by atoms with E-state index in [1.165, 1.54) is 0 Å². The molecule has 2 aromatic rings. The average molecular weight is 208 g/mol. The Morgan fingerprint density at radius 3 is 3.00 bits per heavy atom. The van der Waals surface area contributed by atoms with E-state index in [2.05, 4.69) is 20.8 Å². The molecule has 4 nitrogen and oxygen atoms in total. The van der Waals surface area contributed by atoms with Gasteiger partial charge < -0.3 is 5.32 Å².